The zero-order valence-corrected chi connectivity index (χ0v) is 13.0. The minimum absolute atomic E-state index is 0.0568. The third kappa shape index (κ3) is 2.60. The summed E-state index contributed by atoms with van der Waals surface area (Å²) in [5, 5.41) is 4.36. The van der Waals surface area contributed by atoms with Crippen molar-refractivity contribution in [2.24, 2.45) is 5.73 Å². The Morgan fingerprint density at radius 1 is 1.48 bits per heavy atom. The Morgan fingerprint density at radius 3 is 2.96 bits per heavy atom. The third-order valence-electron chi connectivity index (χ3n) is 3.85. The van der Waals surface area contributed by atoms with Crippen LogP contribution in [0.25, 0.3) is 11.0 Å². The van der Waals surface area contributed by atoms with Crippen LogP contribution in [-0.2, 0) is 13.1 Å². The van der Waals surface area contributed by atoms with Gasteiger partial charge in [0.05, 0.1) is 10.7 Å². The van der Waals surface area contributed by atoms with Gasteiger partial charge in [-0.15, -0.1) is 9.36 Å². The molecule has 3 aromatic heterocycles. The number of aryl methyl sites for hydroxylation is 1. The molecular weight excluding hydrogens is 296 g/mol. The molecule has 1 unspecified atom stereocenters. The molecule has 0 aliphatic heterocycles. The van der Waals surface area contributed by atoms with E-state index in [2.05, 4.69) is 20.2 Å². The van der Waals surface area contributed by atoms with E-state index < -0.39 is 5.91 Å². The summed E-state index contributed by atoms with van der Waals surface area (Å²) in [5.41, 5.74) is 14.1. The van der Waals surface area contributed by atoms with E-state index in [4.69, 9.17) is 11.5 Å². The number of nitrogens with one attached hydrogen (secondary N) is 1. The molecule has 0 saturated heterocycles. The predicted octanol–water partition coefficient (Wildman–Crippen LogP) is -0.0534. The van der Waals surface area contributed by atoms with Crippen LogP contribution in [0, 0.1) is 0 Å². The second kappa shape index (κ2) is 5.67. The fraction of sp³-hybridized carbons (Fsp3) is 0.357. The second-order valence-corrected chi connectivity index (χ2v) is 5.43. The van der Waals surface area contributed by atoms with Crippen molar-refractivity contribution in [3.05, 3.63) is 30.0 Å². The number of carbonyl (C=O) groups is 1. The van der Waals surface area contributed by atoms with Crippen LogP contribution in [0.1, 0.15) is 35.8 Å². The van der Waals surface area contributed by atoms with Crippen LogP contribution >= 0.6 is 0 Å². The molecule has 9 heteroatoms. The Kier molecular flexibility index (Phi) is 3.68. The van der Waals surface area contributed by atoms with Gasteiger partial charge < -0.3 is 16.5 Å². The van der Waals surface area contributed by atoms with Crippen LogP contribution in [0.3, 0.4) is 0 Å². The highest BCUT2D eigenvalue weighted by Gasteiger charge is 2.24. The molecule has 0 bridgehead atoms. The molecule has 3 aromatic rings. The van der Waals surface area contributed by atoms with Crippen LogP contribution in [0.2, 0.25) is 0 Å². The van der Waals surface area contributed by atoms with Crippen LogP contribution < -0.4 is 16.1 Å². The van der Waals surface area contributed by atoms with E-state index in [0.29, 0.717) is 30.1 Å². The van der Waals surface area contributed by atoms with Crippen LogP contribution in [-0.4, -0.2) is 30.8 Å². The zero-order chi connectivity index (χ0) is 16.6. The highest BCUT2D eigenvalue weighted by molar-refractivity contribution is 5.90. The minimum atomic E-state index is -0.498. The lowest BCUT2D eigenvalue weighted by Crippen LogP contribution is -2.34. The first kappa shape index (κ1) is 14.9. The number of nitrogen functional groups attached to an aromatic ring is 1. The van der Waals surface area contributed by atoms with Gasteiger partial charge in [0, 0.05) is 17.7 Å². The molecule has 0 aromatic carbocycles. The third-order valence-corrected chi connectivity index (χ3v) is 3.85. The number of nitrogens with two attached hydrogens (primary N) is 2. The lowest BCUT2D eigenvalue weighted by Gasteiger charge is -2.07. The number of nitrogens with zero attached hydrogens (tertiary/aromatic N) is 5. The average Bonchev–Trinajstić information content (AvgIpc) is 3.11. The highest BCUT2D eigenvalue weighted by atomic mass is 16.1. The van der Waals surface area contributed by atoms with E-state index in [1.807, 2.05) is 20.0 Å². The first-order valence-corrected chi connectivity index (χ1v) is 7.36. The molecule has 9 nitrogen and oxygen atoms in total. The van der Waals surface area contributed by atoms with Gasteiger partial charge in [0.15, 0.2) is 12.0 Å². The van der Waals surface area contributed by atoms with Crippen molar-refractivity contribution in [2.45, 2.75) is 32.9 Å². The monoisotopic (exact) mass is 315 g/mol. The number of primary amides is 1. The van der Waals surface area contributed by atoms with E-state index in [1.54, 1.807) is 15.6 Å². The number of amides is 1. The van der Waals surface area contributed by atoms with E-state index in [1.165, 1.54) is 6.33 Å². The fourth-order valence-corrected chi connectivity index (χ4v) is 2.61. The Morgan fingerprint density at radius 2 is 2.26 bits per heavy atom. The SMILES string of the molecule is CC[n+]1cc(C(N)=O)n(CC(C)c2c[nH]c3c(N)ncnc23)n1. The summed E-state index contributed by atoms with van der Waals surface area (Å²) in [5.74, 6) is -0.0297. The van der Waals surface area contributed by atoms with Crippen molar-refractivity contribution in [2.75, 3.05) is 5.73 Å². The summed E-state index contributed by atoms with van der Waals surface area (Å²) in [4.78, 5) is 22.9. The van der Waals surface area contributed by atoms with E-state index >= 15 is 0 Å². The predicted molar refractivity (Wildman–Crippen MR) is 83.3 cm³/mol. The van der Waals surface area contributed by atoms with Crippen molar-refractivity contribution in [3.63, 3.8) is 0 Å². The topological polar surface area (TPSA) is 132 Å². The molecule has 5 N–H and O–H groups in total. The summed E-state index contributed by atoms with van der Waals surface area (Å²) in [7, 11) is 0. The van der Waals surface area contributed by atoms with Gasteiger partial charge in [-0.25, -0.2) is 9.97 Å². The van der Waals surface area contributed by atoms with Crippen LogP contribution in [0.5, 0.6) is 0 Å². The van der Waals surface area contributed by atoms with Crippen molar-refractivity contribution < 1.29 is 9.48 Å². The van der Waals surface area contributed by atoms with Gasteiger partial charge in [-0.05, 0) is 6.92 Å². The fourth-order valence-electron chi connectivity index (χ4n) is 2.61. The number of rotatable bonds is 5. The minimum Gasteiger partial charge on any atom is -0.382 e. The molecule has 0 radical (unpaired) electrons. The number of aromatic amines is 1. The van der Waals surface area contributed by atoms with Gasteiger partial charge in [0.25, 0.3) is 11.6 Å². The Labute approximate surface area is 132 Å². The molecule has 0 aliphatic rings. The number of hydrogen-bond acceptors (Lipinski definition) is 5. The van der Waals surface area contributed by atoms with Gasteiger partial charge in [-0.3, -0.25) is 4.79 Å². The maximum Gasteiger partial charge on any atom is 0.294 e. The molecule has 0 aliphatic carbocycles. The number of hydrogen-bond donors (Lipinski definition) is 3. The second-order valence-electron chi connectivity index (χ2n) is 5.43. The molecule has 0 fully saturated rings. The van der Waals surface area contributed by atoms with Gasteiger partial charge >= 0.3 is 0 Å². The molecule has 3 rings (SSSR count). The first-order valence-electron chi connectivity index (χ1n) is 7.36. The highest BCUT2D eigenvalue weighted by Crippen LogP contribution is 2.26. The van der Waals surface area contributed by atoms with Crippen molar-refractivity contribution >= 4 is 22.8 Å². The largest absolute Gasteiger partial charge is 0.382 e. The van der Waals surface area contributed by atoms with Gasteiger partial charge in [-0.1, -0.05) is 6.92 Å². The molecule has 1 amide bonds. The summed E-state index contributed by atoms with van der Waals surface area (Å²) < 4.78 is 3.31. The number of H-pyrrole nitrogens is 1. The van der Waals surface area contributed by atoms with Crippen LogP contribution in [0.15, 0.2) is 18.7 Å². The molecule has 120 valence electrons. The van der Waals surface area contributed by atoms with E-state index in [0.717, 1.165) is 11.1 Å². The summed E-state index contributed by atoms with van der Waals surface area (Å²) in [6.45, 7) is 5.15. The van der Waals surface area contributed by atoms with Crippen molar-refractivity contribution in [1.82, 2.24) is 24.8 Å². The molecular formula is C14H19N8O+. The van der Waals surface area contributed by atoms with Gasteiger partial charge in [0.1, 0.15) is 24.9 Å². The maximum atomic E-state index is 11.6. The lowest BCUT2D eigenvalue weighted by molar-refractivity contribution is -0.752. The lowest BCUT2D eigenvalue weighted by atomic mass is 10.0. The Balaban J connectivity index is 1.95. The summed E-state index contributed by atoms with van der Waals surface area (Å²) in [6.07, 6.45) is 4.96. The zero-order valence-electron chi connectivity index (χ0n) is 13.0. The van der Waals surface area contributed by atoms with Gasteiger partial charge in [0.2, 0.25) is 0 Å². The standard InChI is InChI=1S/C14H18N8O/c1-3-21-6-10(14(16)23)22(20-21)5-8(2)9-4-17-12-11(9)18-7-19-13(12)15/h4,6-8,15,20H,3,5H2,1-2H3,(H2,16,23)/p+1. The summed E-state index contributed by atoms with van der Waals surface area (Å²) in [6, 6.07) is 0. The van der Waals surface area contributed by atoms with E-state index in [-0.39, 0.29) is 5.92 Å². The quantitative estimate of drug-likeness (QED) is 0.568. The van der Waals surface area contributed by atoms with Gasteiger partial charge in [-0.2, -0.15) is 0 Å². The van der Waals surface area contributed by atoms with E-state index in [9.17, 15) is 4.79 Å². The molecule has 23 heavy (non-hydrogen) atoms. The molecule has 0 spiro atoms. The first-order chi connectivity index (χ1) is 11.0. The Bertz CT molecular complexity index is 865. The number of carbonyl (C=O) groups excluding carboxylic acids is 1. The number of fused-ring (bicyclic) bond motifs is 1. The number of aromatic nitrogens is 6. The Hall–Kier alpha value is -2.97. The molecule has 0 saturated carbocycles. The summed E-state index contributed by atoms with van der Waals surface area (Å²) >= 11 is 0. The smallest absolute Gasteiger partial charge is 0.294 e. The maximum absolute atomic E-state index is 11.6. The van der Waals surface area contributed by atoms with Crippen LogP contribution in [0.4, 0.5) is 5.82 Å². The van der Waals surface area contributed by atoms with Crippen molar-refractivity contribution in [3.8, 4) is 0 Å². The van der Waals surface area contributed by atoms with Crippen molar-refractivity contribution in [1.29, 1.82) is 0 Å². The average molecular weight is 315 g/mol. The number of anilines is 1. The molecule has 3 heterocycles. The normalized spacial score (nSPS) is 12.6. The molecule has 1 atom stereocenters.